The van der Waals surface area contributed by atoms with Crippen LogP contribution < -0.4 is 29.6 Å². The fourth-order valence-corrected chi connectivity index (χ4v) is 3.14. The highest BCUT2D eigenvalue weighted by Gasteiger charge is 2.24. The highest BCUT2D eigenvalue weighted by Crippen LogP contribution is 2.44. The number of hydrogen-bond acceptors (Lipinski definition) is 7. The number of nitrogens with zero attached hydrogens (tertiary/aromatic N) is 1. The van der Waals surface area contributed by atoms with Crippen molar-refractivity contribution in [3.8, 4) is 23.0 Å². The lowest BCUT2D eigenvalue weighted by atomic mass is 10.1. The monoisotopic (exact) mass is 437 g/mol. The van der Waals surface area contributed by atoms with Gasteiger partial charge < -0.3 is 29.6 Å². The molecule has 1 aliphatic heterocycles. The minimum atomic E-state index is -0.461. The Hall–Kier alpha value is -3.01. The predicted octanol–water partition coefficient (Wildman–Crippen LogP) is 2.45. The minimum absolute atomic E-state index is 0.0707. The Morgan fingerprint density at radius 1 is 1.22 bits per heavy atom. The van der Waals surface area contributed by atoms with E-state index in [-0.39, 0.29) is 29.7 Å². The number of benzene rings is 1. The Balaban J connectivity index is 1.93. The number of methoxy groups -OCH3 is 3. The summed E-state index contributed by atoms with van der Waals surface area (Å²) in [4.78, 5) is 28.4. The second-order valence-corrected chi connectivity index (χ2v) is 6.13. The molecule has 0 radical (unpaired) electrons. The molecule has 0 spiro atoms. The van der Waals surface area contributed by atoms with Crippen LogP contribution in [0.3, 0.4) is 0 Å². The Labute approximate surface area is 163 Å². The number of rotatable bonds is 5. The first-order valence-electron chi connectivity index (χ1n) is 7.72. The fraction of sp³-hybridized carbons (Fsp3) is 0.235. The van der Waals surface area contributed by atoms with Crippen molar-refractivity contribution in [2.45, 2.75) is 0 Å². The van der Waals surface area contributed by atoms with Gasteiger partial charge in [0.25, 0.3) is 11.8 Å². The van der Waals surface area contributed by atoms with E-state index in [2.05, 4.69) is 31.5 Å². The number of ether oxygens (including phenoxy) is 4. The first-order chi connectivity index (χ1) is 13.0. The van der Waals surface area contributed by atoms with E-state index >= 15 is 0 Å². The van der Waals surface area contributed by atoms with Crippen molar-refractivity contribution in [2.24, 2.45) is 0 Å². The third kappa shape index (κ3) is 3.61. The molecule has 0 bridgehead atoms. The quantitative estimate of drug-likeness (QED) is 0.739. The normalized spacial score (nSPS) is 12.4. The molecule has 0 fully saturated rings. The van der Waals surface area contributed by atoms with Crippen LogP contribution in [0.5, 0.6) is 23.0 Å². The summed E-state index contributed by atoms with van der Waals surface area (Å²) in [6.45, 7) is -0.0707. The van der Waals surface area contributed by atoms with Gasteiger partial charge in [-0.1, -0.05) is 0 Å². The van der Waals surface area contributed by atoms with Gasteiger partial charge in [0.1, 0.15) is 5.82 Å². The molecule has 1 aromatic heterocycles. The largest absolute Gasteiger partial charge is 0.493 e. The maximum atomic E-state index is 12.8. The molecule has 2 heterocycles. The van der Waals surface area contributed by atoms with Gasteiger partial charge in [-0.15, -0.1) is 0 Å². The number of pyridine rings is 1. The number of hydrogen-bond donors (Lipinski definition) is 2. The Morgan fingerprint density at radius 3 is 2.63 bits per heavy atom. The Kier molecular flexibility index (Phi) is 5.36. The maximum Gasteiger partial charge on any atom is 0.263 e. The van der Waals surface area contributed by atoms with Gasteiger partial charge in [0.05, 0.1) is 31.4 Å². The van der Waals surface area contributed by atoms with Crippen LogP contribution in [0.4, 0.5) is 11.6 Å². The van der Waals surface area contributed by atoms with Gasteiger partial charge >= 0.3 is 0 Å². The van der Waals surface area contributed by atoms with Crippen LogP contribution >= 0.6 is 15.9 Å². The molecule has 9 nitrogen and oxygen atoms in total. The number of aromatic nitrogens is 1. The molecule has 2 N–H and O–H groups in total. The second kappa shape index (κ2) is 7.70. The highest BCUT2D eigenvalue weighted by molar-refractivity contribution is 9.10. The summed E-state index contributed by atoms with van der Waals surface area (Å²) in [7, 11) is 4.39. The van der Waals surface area contributed by atoms with Gasteiger partial charge in [0.15, 0.2) is 29.7 Å². The zero-order valence-corrected chi connectivity index (χ0v) is 16.3. The lowest BCUT2D eigenvalue weighted by Crippen LogP contribution is -2.26. The van der Waals surface area contributed by atoms with Crippen molar-refractivity contribution in [1.82, 2.24) is 4.98 Å². The summed E-state index contributed by atoms with van der Waals surface area (Å²) in [5.41, 5.74) is 0.254. The molecular formula is C17H16BrN3O6. The van der Waals surface area contributed by atoms with Crippen LogP contribution in [-0.4, -0.2) is 44.7 Å². The lowest BCUT2D eigenvalue weighted by Gasteiger charge is -2.18. The van der Waals surface area contributed by atoms with E-state index in [1.54, 1.807) is 12.1 Å². The molecule has 2 amide bonds. The van der Waals surface area contributed by atoms with Crippen molar-refractivity contribution in [1.29, 1.82) is 0 Å². The highest BCUT2D eigenvalue weighted by atomic mass is 79.9. The first-order valence-corrected chi connectivity index (χ1v) is 8.51. The summed E-state index contributed by atoms with van der Waals surface area (Å²) in [6, 6.07) is 4.70. The summed E-state index contributed by atoms with van der Waals surface area (Å²) < 4.78 is 21.5. The van der Waals surface area contributed by atoms with Crippen molar-refractivity contribution in [3.05, 3.63) is 28.2 Å². The van der Waals surface area contributed by atoms with Gasteiger partial charge in [0, 0.05) is 0 Å². The molecule has 0 saturated carbocycles. The van der Waals surface area contributed by atoms with E-state index in [1.165, 1.54) is 27.4 Å². The van der Waals surface area contributed by atoms with Crippen molar-refractivity contribution in [3.63, 3.8) is 0 Å². The van der Waals surface area contributed by atoms with Crippen LogP contribution in [0.15, 0.2) is 22.7 Å². The Bertz CT molecular complexity index is 918. The van der Waals surface area contributed by atoms with Crippen LogP contribution in [0, 0.1) is 0 Å². The molecule has 0 aliphatic carbocycles. The van der Waals surface area contributed by atoms with Crippen molar-refractivity contribution < 1.29 is 28.5 Å². The van der Waals surface area contributed by atoms with Crippen molar-refractivity contribution >= 4 is 39.4 Å². The summed E-state index contributed by atoms with van der Waals surface area (Å²) in [6.07, 6.45) is 0. The molecule has 0 unspecified atom stereocenters. The molecule has 1 aliphatic rings. The third-order valence-electron chi connectivity index (χ3n) is 3.73. The molecular weight excluding hydrogens is 422 g/mol. The molecule has 27 heavy (non-hydrogen) atoms. The summed E-state index contributed by atoms with van der Waals surface area (Å²) in [5, 5.41) is 5.25. The van der Waals surface area contributed by atoms with Gasteiger partial charge in [-0.3, -0.25) is 9.59 Å². The zero-order chi connectivity index (χ0) is 19.6. The molecule has 0 saturated heterocycles. The van der Waals surface area contributed by atoms with E-state index in [4.69, 9.17) is 18.9 Å². The number of fused-ring (bicyclic) bond motifs is 1. The van der Waals surface area contributed by atoms with Gasteiger partial charge in [0.2, 0.25) is 5.75 Å². The smallest absolute Gasteiger partial charge is 0.263 e. The van der Waals surface area contributed by atoms with Crippen LogP contribution in [-0.2, 0) is 4.79 Å². The SMILES string of the molecule is COc1cc(C(=O)Nc2ccc3c(n2)NC(=O)CO3)c(Br)c(OC)c1OC. The van der Waals surface area contributed by atoms with E-state index in [1.807, 2.05) is 0 Å². The number of carbonyl (C=O) groups excluding carboxylic acids is 2. The third-order valence-corrected chi connectivity index (χ3v) is 4.52. The number of carbonyl (C=O) groups is 2. The summed E-state index contributed by atoms with van der Waals surface area (Å²) in [5.74, 6) is 1.15. The number of halogens is 1. The minimum Gasteiger partial charge on any atom is -0.493 e. The molecule has 1 aromatic carbocycles. The van der Waals surface area contributed by atoms with Crippen molar-refractivity contribution in [2.75, 3.05) is 38.6 Å². The second-order valence-electron chi connectivity index (χ2n) is 5.34. The van der Waals surface area contributed by atoms with Gasteiger partial charge in [-0.25, -0.2) is 4.98 Å². The molecule has 10 heteroatoms. The standard InChI is InChI=1S/C17H16BrN3O6/c1-24-10-6-8(13(18)15(26-3)14(10)25-2)17(23)20-11-5-4-9-16(19-11)21-12(22)7-27-9/h4-6H,7H2,1-3H3,(H2,19,20,21,22,23). The van der Waals surface area contributed by atoms with E-state index in [9.17, 15) is 9.59 Å². The number of anilines is 2. The van der Waals surface area contributed by atoms with E-state index in [0.717, 1.165) is 0 Å². The molecule has 0 atom stereocenters. The first kappa shape index (κ1) is 18.8. The number of nitrogens with one attached hydrogen (secondary N) is 2. The topological polar surface area (TPSA) is 108 Å². The average Bonchev–Trinajstić information content (AvgIpc) is 2.66. The van der Waals surface area contributed by atoms with Crippen LogP contribution in [0.1, 0.15) is 10.4 Å². The molecule has 3 rings (SSSR count). The zero-order valence-electron chi connectivity index (χ0n) is 14.7. The Morgan fingerprint density at radius 2 is 1.96 bits per heavy atom. The van der Waals surface area contributed by atoms with Crippen LogP contribution in [0.2, 0.25) is 0 Å². The lowest BCUT2D eigenvalue weighted by molar-refractivity contribution is -0.118. The predicted molar refractivity (Wildman–Crippen MR) is 100 cm³/mol. The maximum absolute atomic E-state index is 12.8. The van der Waals surface area contributed by atoms with Gasteiger partial charge in [-0.2, -0.15) is 0 Å². The van der Waals surface area contributed by atoms with Crippen LogP contribution in [0.25, 0.3) is 0 Å². The molecule has 2 aromatic rings. The average molecular weight is 438 g/mol. The van der Waals surface area contributed by atoms with Gasteiger partial charge in [-0.05, 0) is 34.1 Å². The summed E-state index contributed by atoms with van der Waals surface area (Å²) >= 11 is 3.36. The van der Waals surface area contributed by atoms with E-state index in [0.29, 0.717) is 27.5 Å². The van der Waals surface area contributed by atoms with E-state index < -0.39 is 5.91 Å². The number of amides is 2. The fourth-order valence-electron chi connectivity index (χ4n) is 2.50. The molecule has 142 valence electrons.